The molecular weight excluding hydrogens is 499 g/mol. The molecule has 4 aromatic rings. The molecule has 0 aliphatic carbocycles. The normalized spacial score (nSPS) is 20.8. The topological polar surface area (TPSA) is 79.5 Å². The second-order valence-electron chi connectivity index (χ2n) is 8.58. The fourth-order valence-electron chi connectivity index (χ4n) is 4.73. The van der Waals surface area contributed by atoms with Gasteiger partial charge in [0.1, 0.15) is 23.4 Å². The number of hydrogen-bond acceptors (Lipinski definition) is 6. The molecule has 180 valence electrons. The van der Waals surface area contributed by atoms with Crippen LogP contribution in [0.15, 0.2) is 88.7 Å². The molecule has 3 atom stereocenters. The third-order valence-electron chi connectivity index (χ3n) is 6.40. The highest BCUT2D eigenvalue weighted by Crippen LogP contribution is 2.53. The van der Waals surface area contributed by atoms with E-state index in [2.05, 4.69) is 4.98 Å². The number of hydrogen-bond donors (Lipinski definition) is 1. The van der Waals surface area contributed by atoms with Crippen molar-refractivity contribution in [3.8, 4) is 5.75 Å². The number of amides is 2. The summed E-state index contributed by atoms with van der Waals surface area (Å²) in [6.45, 7) is 0.425. The monoisotopic (exact) mass is 518 g/mol. The molecule has 2 aliphatic rings. The predicted molar refractivity (Wildman–Crippen MR) is 136 cm³/mol. The molecule has 0 saturated carbocycles. The minimum absolute atomic E-state index is 0.226. The van der Waals surface area contributed by atoms with Crippen LogP contribution in [0.4, 0.5) is 10.1 Å². The molecule has 36 heavy (non-hydrogen) atoms. The van der Waals surface area contributed by atoms with Crippen molar-refractivity contribution >= 4 is 40.6 Å². The number of halogens is 1. The van der Waals surface area contributed by atoms with Gasteiger partial charge in [-0.25, -0.2) is 9.29 Å². The molecule has 1 N–H and O–H groups in total. The Bertz CT molecular complexity index is 1500. The largest absolute Gasteiger partial charge is 0.489 e. The van der Waals surface area contributed by atoms with Crippen molar-refractivity contribution in [1.82, 2.24) is 4.98 Å². The van der Waals surface area contributed by atoms with E-state index in [1.54, 1.807) is 0 Å². The number of nitrogens with one attached hydrogen (secondary N) is 1. The Morgan fingerprint density at radius 3 is 2.33 bits per heavy atom. The van der Waals surface area contributed by atoms with Gasteiger partial charge < -0.3 is 9.72 Å². The van der Waals surface area contributed by atoms with Crippen LogP contribution in [0, 0.1) is 11.7 Å². The summed E-state index contributed by atoms with van der Waals surface area (Å²) in [5, 5.41) is -0.0814. The zero-order chi connectivity index (χ0) is 24.8. The van der Waals surface area contributed by atoms with E-state index in [1.807, 2.05) is 54.6 Å². The van der Waals surface area contributed by atoms with E-state index in [0.29, 0.717) is 23.1 Å². The van der Waals surface area contributed by atoms with E-state index in [0.717, 1.165) is 32.2 Å². The molecule has 2 aliphatic heterocycles. The number of imide groups is 1. The Labute approximate surface area is 213 Å². The molecule has 2 unspecified atom stereocenters. The third-order valence-corrected chi connectivity index (χ3v) is 8.80. The first kappa shape index (κ1) is 22.8. The zero-order valence-electron chi connectivity index (χ0n) is 18.7. The van der Waals surface area contributed by atoms with E-state index in [4.69, 9.17) is 4.74 Å². The maximum atomic E-state index is 13.7. The summed E-state index contributed by atoms with van der Waals surface area (Å²) < 4.78 is 19.4. The number of ether oxygens (including phenoxy) is 1. The van der Waals surface area contributed by atoms with Crippen molar-refractivity contribution in [3.63, 3.8) is 0 Å². The summed E-state index contributed by atoms with van der Waals surface area (Å²) in [5.74, 6) is -1.66. The minimum atomic E-state index is -0.695. The molecule has 0 spiro atoms. The number of carbonyl (C=O) groups excluding carboxylic acids is 2. The van der Waals surface area contributed by atoms with E-state index in [-0.39, 0.29) is 16.7 Å². The summed E-state index contributed by atoms with van der Waals surface area (Å²) in [5.41, 5.74) is 2.20. The summed E-state index contributed by atoms with van der Waals surface area (Å²) >= 11 is 2.27. The van der Waals surface area contributed by atoms with Gasteiger partial charge in [-0.3, -0.25) is 14.4 Å². The average molecular weight is 519 g/mol. The van der Waals surface area contributed by atoms with Gasteiger partial charge in [-0.05, 0) is 47.5 Å². The lowest BCUT2D eigenvalue weighted by Gasteiger charge is -2.29. The highest BCUT2D eigenvalue weighted by Gasteiger charge is 2.56. The Morgan fingerprint density at radius 1 is 0.889 bits per heavy atom. The summed E-state index contributed by atoms with van der Waals surface area (Å²) in [6.07, 6.45) is 0. The van der Waals surface area contributed by atoms with Crippen molar-refractivity contribution in [2.45, 2.75) is 22.8 Å². The minimum Gasteiger partial charge on any atom is -0.489 e. The van der Waals surface area contributed by atoms with Crippen LogP contribution < -0.4 is 14.5 Å². The van der Waals surface area contributed by atoms with Crippen molar-refractivity contribution in [2.24, 2.45) is 5.92 Å². The van der Waals surface area contributed by atoms with Gasteiger partial charge in [-0.15, -0.1) is 0 Å². The number of rotatable bonds is 5. The molecule has 1 fully saturated rings. The van der Waals surface area contributed by atoms with Gasteiger partial charge in [0.05, 0.1) is 16.6 Å². The highest BCUT2D eigenvalue weighted by molar-refractivity contribution is 8.00. The van der Waals surface area contributed by atoms with E-state index < -0.39 is 22.9 Å². The average Bonchev–Trinajstić information content (AvgIpc) is 3.39. The SMILES string of the molecule is O=C1C2Sc3[nH]c(=O)sc3[C@H](c3ccc(OCc4ccccc4)cc3)C2C(=O)N1c1ccc(F)cc1. The Hall–Kier alpha value is -3.69. The van der Waals surface area contributed by atoms with Crippen molar-refractivity contribution in [1.29, 1.82) is 0 Å². The van der Waals surface area contributed by atoms with Crippen LogP contribution in [0.25, 0.3) is 0 Å². The summed E-state index contributed by atoms with van der Waals surface area (Å²) in [6, 6.07) is 22.6. The standard InChI is InChI=1S/C27H19FN2O4S2/c28-17-8-10-18(11-9-17)30-25(31)21-20(22-24(29-27(33)36-22)35-23(21)26(30)32)16-6-12-19(13-7-16)34-14-15-4-2-1-3-5-15/h1-13,20-21,23H,14H2,(H,29,33)/t20-,21?,23?/m1/s1. The maximum absolute atomic E-state index is 13.7. The number of anilines is 1. The van der Waals surface area contributed by atoms with Gasteiger partial charge in [0, 0.05) is 10.8 Å². The fraction of sp³-hybridized carbons (Fsp3) is 0.148. The number of fused-ring (bicyclic) bond motifs is 2. The lowest BCUT2D eigenvalue weighted by atomic mass is 9.83. The van der Waals surface area contributed by atoms with Gasteiger partial charge in [0.15, 0.2) is 0 Å². The number of nitrogens with zero attached hydrogens (tertiary/aromatic N) is 1. The number of aromatic nitrogens is 1. The molecule has 6 rings (SSSR count). The number of benzene rings is 3. The van der Waals surface area contributed by atoms with E-state index in [1.165, 1.54) is 36.0 Å². The first-order valence-corrected chi connectivity index (χ1v) is 13.0. The van der Waals surface area contributed by atoms with Crippen LogP contribution in [-0.4, -0.2) is 22.0 Å². The van der Waals surface area contributed by atoms with Gasteiger partial charge in [0.25, 0.3) is 0 Å². The van der Waals surface area contributed by atoms with Crippen LogP contribution >= 0.6 is 23.1 Å². The first-order chi connectivity index (χ1) is 17.5. The van der Waals surface area contributed by atoms with E-state index >= 15 is 0 Å². The van der Waals surface area contributed by atoms with E-state index in [9.17, 15) is 18.8 Å². The molecule has 9 heteroatoms. The van der Waals surface area contributed by atoms with Gasteiger partial charge in [-0.1, -0.05) is 65.6 Å². The quantitative estimate of drug-likeness (QED) is 0.378. The number of aromatic amines is 1. The second-order valence-corrected chi connectivity index (χ2v) is 10.7. The van der Waals surface area contributed by atoms with Crippen molar-refractivity contribution in [3.05, 3.63) is 110 Å². The van der Waals surface area contributed by atoms with Crippen LogP contribution in [0.5, 0.6) is 5.75 Å². The predicted octanol–water partition coefficient (Wildman–Crippen LogP) is 4.95. The van der Waals surface area contributed by atoms with Crippen LogP contribution in [-0.2, 0) is 16.2 Å². The molecule has 1 aromatic heterocycles. The Morgan fingerprint density at radius 2 is 1.61 bits per heavy atom. The van der Waals surface area contributed by atoms with Crippen LogP contribution in [0.1, 0.15) is 21.9 Å². The number of H-pyrrole nitrogens is 1. The summed E-state index contributed by atoms with van der Waals surface area (Å²) in [7, 11) is 0. The first-order valence-electron chi connectivity index (χ1n) is 11.3. The third kappa shape index (κ3) is 3.94. The molecule has 3 heterocycles. The summed E-state index contributed by atoms with van der Waals surface area (Å²) in [4.78, 5) is 43.7. The second kappa shape index (κ2) is 9.07. The molecule has 1 saturated heterocycles. The molecule has 3 aromatic carbocycles. The number of carbonyl (C=O) groups is 2. The molecular formula is C27H19FN2O4S2. The van der Waals surface area contributed by atoms with Gasteiger partial charge in [-0.2, -0.15) is 0 Å². The number of thioether (sulfide) groups is 1. The van der Waals surface area contributed by atoms with Gasteiger partial charge >= 0.3 is 4.87 Å². The lowest BCUT2D eigenvalue weighted by molar-refractivity contribution is -0.122. The van der Waals surface area contributed by atoms with Crippen molar-refractivity contribution < 1.29 is 18.7 Å². The number of thiazole rings is 1. The van der Waals surface area contributed by atoms with Gasteiger partial charge in [0.2, 0.25) is 11.8 Å². The van der Waals surface area contributed by atoms with Crippen LogP contribution in [0.2, 0.25) is 0 Å². The maximum Gasteiger partial charge on any atom is 0.305 e. The smallest absolute Gasteiger partial charge is 0.305 e. The van der Waals surface area contributed by atoms with Crippen LogP contribution in [0.3, 0.4) is 0 Å². The zero-order valence-corrected chi connectivity index (χ0v) is 20.4. The fourth-order valence-corrected chi connectivity index (χ4v) is 7.25. The van der Waals surface area contributed by atoms with Crippen molar-refractivity contribution in [2.75, 3.05) is 4.90 Å². The lowest BCUT2D eigenvalue weighted by Crippen LogP contribution is -2.32. The highest BCUT2D eigenvalue weighted by atomic mass is 32.2. The molecule has 0 radical (unpaired) electrons. The Balaban J connectivity index is 1.34. The Kier molecular flexibility index (Phi) is 5.73. The molecule has 6 nitrogen and oxygen atoms in total. The molecule has 0 bridgehead atoms. The molecule has 2 amide bonds.